The fraction of sp³-hybridized carbons (Fsp3) is 0.375. The zero-order chi connectivity index (χ0) is 22.1. The van der Waals surface area contributed by atoms with E-state index >= 15 is 0 Å². The number of ketones is 1. The lowest BCUT2D eigenvalue weighted by Crippen LogP contribution is -2.45. The first-order valence-electron chi connectivity index (χ1n) is 10.4. The molecule has 2 aromatic rings. The molecule has 0 unspecified atom stereocenters. The molecule has 1 aliphatic carbocycles. The van der Waals surface area contributed by atoms with E-state index in [-0.39, 0.29) is 43.4 Å². The van der Waals surface area contributed by atoms with Crippen LogP contribution in [0.15, 0.2) is 30.3 Å². The van der Waals surface area contributed by atoms with E-state index in [1.807, 2.05) is 32.9 Å². The Morgan fingerprint density at radius 3 is 2.52 bits per heavy atom. The third kappa shape index (κ3) is 4.71. The molecule has 7 nitrogen and oxygen atoms in total. The van der Waals surface area contributed by atoms with Crippen LogP contribution in [0.3, 0.4) is 0 Å². The number of benzene rings is 2. The summed E-state index contributed by atoms with van der Waals surface area (Å²) in [4.78, 5) is 38.8. The number of hydrogen-bond donors (Lipinski definition) is 1. The highest BCUT2D eigenvalue weighted by Gasteiger charge is 2.30. The molecule has 7 heteroatoms. The summed E-state index contributed by atoms with van der Waals surface area (Å²) in [6.07, 6.45) is 1.94. The van der Waals surface area contributed by atoms with Crippen LogP contribution in [0.5, 0.6) is 11.5 Å². The molecule has 0 spiro atoms. The van der Waals surface area contributed by atoms with Gasteiger partial charge in [-0.25, -0.2) is 0 Å². The van der Waals surface area contributed by atoms with E-state index in [1.54, 1.807) is 18.2 Å². The van der Waals surface area contributed by atoms with Crippen LogP contribution in [0.25, 0.3) is 0 Å². The molecule has 2 aromatic carbocycles. The monoisotopic (exact) mass is 422 g/mol. The molecule has 2 aliphatic rings. The summed E-state index contributed by atoms with van der Waals surface area (Å²) in [6, 6.07) is 9.14. The first-order valence-corrected chi connectivity index (χ1v) is 10.4. The molecule has 1 fully saturated rings. The summed E-state index contributed by atoms with van der Waals surface area (Å²) >= 11 is 0. The highest BCUT2D eigenvalue weighted by atomic mass is 16.5. The Morgan fingerprint density at radius 1 is 1.13 bits per heavy atom. The minimum absolute atomic E-state index is 0.0956. The molecule has 4 rings (SSSR count). The second kappa shape index (κ2) is 8.41. The Labute approximate surface area is 181 Å². The quantitative estimate of drug-likeness (QED) is 0.694. The van der Waals surface area contributed by atoms with E-state index in [0.717, 1.165) is 29.5 Å². The molecule has 1 saturated carbocycles. The number of nitrogens with zero attached hydrogens (tertiary/aromatic N) is 1. The van der Waals surface area contributed by atoms with Gasteiger partial charge in [-0.05, 0) is 62.9 Å². The van der Waals surface area contributed by atoms with Gasteiger partial charge < -0.3 is 14.8 Å². The van der Waals surface area contributed by atoms with Crippen molar-refractivity contribution in [3.05, 3.63) is 52.6 Å². The molecule has 31 heavy (non-hydrogen) atoms. The van der Waals surface area contributed by atoms with Crippen molar-refractivity contribution in [2.24, 2.45) is 0 Å². The summed E-state index contributed by atoms with van der Waals surface area (Å²) < 4.78 is 11.3. The summed E-state index contributed by atoms with van der Waals surface area (Å²) in [5, 5.41) is 2.88. The van der Waals surface area contributed by atoms with Crippen molar-refractivity contribution in [3.63, 3.8) is 0 Å². The van der Waals surface area contributed by atoms with Gasteiger partial charge in [0, 0.05) is 11.6 Å². The molecule has 1 N–H and O–H groups in total. The van der Waals surface area contributed by atoms with Crippen LogP contribution in [0, 0.1) is 20.8 Å². The second-order valence-corrected chi connectivity index (χ2v) is 8.23. The summed E-state index contributed by atoms with van der Waals surface area (Å²) in [6.45, 7) is 5.56. The van der Waals surface area contributed by atoms with Crippen LogP contribution in [0.2, 0.25) is 0 Å². The van der Waals surface area contributed by atoms with Crippen LogP contribution in [0.4, 0.5) is 5.69 Å². The topological polar surface area (TPSA) is 84.9 Å². The number of carbonyl (C=O) groups excluding carboxylic acids is 3. The van der Waals surface area contributed by atoms with Crippen LogP contribution in [-0.4, -0.2) is 43.4 Å². The Kier molecular flexibility index (Phi) is 5.67. The number of nitrogens with one attached hydrogen (secondary N) is 1. The smallest absolute Gasteiger partial charge is 0.265 e. The standard InChI is InChI=1S/C24H26N2O5/c1-14-8-15(2)24(16(3)9-14)31-12-20(27)17-4-7-21-19(10-17)26(23(29)13-30-21)11-22(28)25-18-5-6-18/h4,7-10,18H,5-6,11-13H2,1-3H3,(H,25,28). The third-order valence-electron chi connectivity index (χ3n) is 5.42. The predicted molar refractivity (Wildman–Crippen MR) is 116 cm³/mol. The van der Waals surface area contributed by atoms with Crippen molar-refractivity contribution in [2.75, 3.05) is 24.7 Å². The maximum absolute atomic E-state index is 12.8. The average molecular weight is 422 g/mol. The SMILES string of the molecule is Cc1cc(C)c(OCC(=O)c2ccc3c(c2)N(CC(=O)NC2CC2)C(=O)CO3)c(C)c1. The summed E-state index contributed by atoms with van der Waals surface area (Å²) in [5.41, 5.74) is 3.91. The van der Waals surface area contributed by atoms with Crippen molar-refractivity contribution >= 4 is 23.3 Å². The molecule has 1 heterocycles. The largest absolute Gasteiger partial charge is 0.485 e. The normalized spacial score (nSPS) is 15.2. The van der Waals surface area contributed by atoms with E-state index in [9.17, 15) is 14.4 Å². The van der Waals surface area contributed by atoms with Crippen molar-refractivity contribution < 1.29 is 23.9 Å². The van der Waals surface area contributed by atoms with Crippen molar-refractivity contribution in [1.29, 1.82) is 0 Å². The minimum Gasteiger partial charge on any atom is -0.485 e. The maximum atomic E-state index is 12.8. The van der Waals surface area contributed by atoms with E-state index in [2.05, 4.69) is 5.32 Å². The second-order valence-electron chi connectivity index (χ2n) is 8.23. The van der Waals surface area contributed by atoms with E-state index in [4.69, 9.17) is 9.47 Å². The highest BCUT2D eigenvalue weighted by molar-refractivity contribution is 6.04. The third-order valence-corrected chi connectivity index (χ3v) is 5.42. The average Bonchev–Trinajstić information content (AvgIpc) is 3.52. The highest BCUT2D eigenvalue weighted by Crippen LogP contribution is 2.33. The van der Waals surface area contributed by atoms with Crippen molar-refractivity contribution in [1.82, 2.24) is 5.32 Å². The number of anilines is 1. The number of ether oxygens (including phenoxy) is 2. The zero-order valence-corrected chi connectivity index (χ0v) is 18.0. The maximum Gasteiger partial charge on any atom is 0.265 e. The molecular weight excluding hydrogens is 396 g/mol. The summed E-state index contributed by atoms with van der Waals surface area (Å²) in [5.74, 6) is 0.428. The Balaban J connectivity index is 1.50. The van der Waals surface area contributed by atoms with Gasteiger partial charge in [-0.3, -0.25) is 19.3 Å². The number of carbonyl (C=O) groups is 3. The lowest BCUT2D eigenvalue weighted by atomic mass is 10.1. The molecule has 1 aliphatic heterocycles. The number of hydrogen-bond acceptors (Lipinski definition) is 5. The number of amides is 2. The number of aryl methyl sites for hydroxylation is 3. The van der Waals surface area contributed by atoms with Gasteiger partial charge in [-0.1, -0.05) is 17.7 Å². The fourth-order valence-electron chi connectivity index (χ4n) is 3.81. The Bertz CT molecular complexity index is 1030. The van der Waals surface area contributed by atoms with Gasteiger partial charge >= 0.3 is 0 Å². The van der Waals surface area contributed by atoms with Crippen LogP contribution >= 0.6 is 0 Å². The van der Waals surface area contributed by atoms with E-state index in [0.29, 0.717) is 22.7 Å². The van der Waals surface area contributed by atoms with Gasteiger partial charge in [-0.15, -0.1) is 0 Å². The number of fused-ring (bicyclic) bond motifs is 1. The predicted octanol–water partition coefficient (Wildman–Crippen LogP) is 2.88. The van der Waals surface area contributed by atoms with Gasteiger partial charge in [0.05, 0.1) is 5.69 Å². The van der Waals surface area contributed by atoms with Crippen LogP contribution in [-0.2, 0) is 9.59 Å². The molecule has 0 saturated heterocycles. The Hall–Kier alpha value is -3.35. The van der Waals surface area contributed by atoms with E-state index < -0.39 is 0 Å². The molecule has 0 radical (unpaired) electrons. The lowest BCUT2D eigenvalue weighted by molar-refractivity contribution is -0.125. The van der Waals surface area contributed by atoms with Gasteiger partial charge in [0.15, 0.2) is 19.0 Å². The van der Waals surface area contributed by atoms with E-state index in [1.165, 1.54) is 4.90 Å². The molecule has 162 valence electrons. The molecule has 2 amide bonds. The Morgan fingerprint density at radius 2 is 1.84 bits per heavy atom. The molecule has 0 aromatic heterocycles. The summed E-state index contributed by atoms with van der Waals surface area (Å²) in [7, 11) is 0. The molecule has 0 bridgehead atoms. The number of Topliss-reactive ketones (excluding diaryl/α,β-unsaturated/α-hetero) is 1. The van der Waals surface area contributed by atoms with Gasteiger partial charge in [0.25, 0.3) is 5.91 Å². The van der Waals surface area contributed by atoms with Crippen LogP contribution < -0.4 is 19.7 Å². The van der Waals surface area contributed by atoms with Gasteiger partial charge in [0.1, 0.15) is 18.0 Å². The lowest BCUT2D eigenvalue weighted by Gasteiger charge is -2.29. The van der Waals surface area contributed by atoms with Crippen LogP contribution in [0.1, 0.15) is 39.9 Å². The first-order chi connectivity index (χ1) is 14.8. The van der Waals surface area contributed by atoms with Crippen molar-refractivity contribution in [2.45, 2.75) is 39.7 Å². The van der Waals surface area contributed by atoms with Crippen molar-refractivity contribution in [3.8, 4) is 11.5 Å². The molecule has 0 atom stereocenters. The molecular formula is C24H26N2O5. The van der Waals surface area contributed by atoms with Gasteiger partial charge in [0.2, 0.25) is 5.91 Å². The number of rotatable bonds is 7. The zero-order valence-electron chi connectivity index (χ0n) is 18.0. The first kappa shape index (κ1) is 20.9. The fourth-order valence-corrected chi connectivity index (χ4v) is 3.81. The minimum atomic E-state index is -0.315. The van der Waals surface area contributed by atoms with Gasteiger partial charge in [-0.2, -0.15) is 0 Å².